The summed E-state index contributed by atoms with van der Waals surface area (Å²) in [7, 11) is 0. The van der Waals surface area contributed by atoms with Gasteiger partial charge < -0.3 is 4.74 Å². The first-order valence-corrected chi connectivity index (χ1v) is 7.88. The molecule has 0 N–H and O–H groups in total. The summed E-state index contributed by atoms with van der Waals surface area (Å²) >= 11 is 5.77. The van der Waals surface area contributed by atoms with Crippen molar-refractivity contribution in [3.8, 4) is 0 Å². The topological polar surface area (TPSA) is 29.5 Å². The number of hydrogen-bond donors (Lipinski definition) is 0. The Labute approximate surface area is 132 Å². The van der Waals surface area contributed by atoms with Crippen LogP contribution in [0.5, 0.6) is 0 Å². The molecule has 0 bridgehead atoms. The first-order valence-electron chi connectivity index (χ1n) is 7.35. The number of amides is 1. The van der Waals surface area contributed by atoms with Crippen LogP contribution in [0.25, 0.3) is 0 Å². The summed E-state index contributed by atoms with van der Waals surface area (Å²) in [5, 5.41) is 0. The summed E-state index contributed by atoms with van der Waals surface area (Å²) < 4.78 is 5.57. The summed E-state index contributed by atoms with van der Waals surface area (Å²) in [5.41, 5.74) is 3.23. The highest BCUT2D eigenvalue weighted by molar-refractivity contribution is 6.29. The lowest BCUT2D eigenvalue weighted by molar-refractivity contribution is -0.117. The zero-order chi connectivity index (χ0) is 15.7. The molecular formula is C17H24ClNO2. The molecule has 0 spiro atoms. The normalized spacial score (nSPS) is 11.0. The molecular weight excluding hydrogens is 286 g/mol. The van der Waals surface area contributed by atoms with Crippen LogP contribution >= 0.6 is 11.6 Å². The molecule has 116 valence electrons. The van der Waals surface area contributed by atoms with Crippen LogP contribution in [0.1, 0.15) is 31.9 Å². The predicted octanol–water partition coefficient (Wildman–Crippen LogP) is 3.93. The van der Waals surface area contributed by atoms with E-state index in [2.05, 4.69) is 26.0 Å². The predicted molar refractivity (Wildman–Crippen MR) is 89.0 cm³/mol. The Morgan fingerprint density at radius 1 is 1.29 bits per heavy atom. The maximum Gasteiger partial charge on any atom is 0.243 e. The summed E-state index contributed by atoms with van der Waals surface area (Å²) in [6.45, 7) is 6.81. The number of benzene rings is 1. The van der Waals surface area contributed by atoms with Crippen LogP contribution in [0.4, 0.5) is 5.69 Å². The molecule has 0 saturated heterocycles. The molecule has 0 saturated carbocycles. The summed E-state index contributed by atoms with van der Waals surface area (Å²) in [6, 6.07) is 6.13. The first-order chi connectivity index (χ1) is 10.2. The Kier molecular flexibility index (Phi) is 8.09. The monoisotopic (exact) mass is 309 g/mol. The van der Waals surface area contributed by atoms with Gasteiger partial charge >= 0.3 is 0 Å². The Balaban J connectivity index is 3.09. The van der Waals surface area contributed by atoms with Gasteiger partial charge in [0.25, 0.3) is 0 Å². The fourth-order valence-electron chi connectivity index (χ4n) is 2.20. The molecule has 0 aromatic heterocycles. The van der Waals surface area contributed by atoms with Crippen molar-refractivity contribution >= 4 is 23.2 Å². The van der Waals surface area contributed by atoms with E-state index in [4.69, 9.17) is 16.3 Å². The number of alkyl halides is 1. The van der Waals surface area contributed by atoms with Gasteiger partial charge in [0.1, 0.15) is 12.6 Å². The minimum atomic E-state index is -0.132. The van der Waals surface area contributed by atoms with E-state index < -0.39 is 0 Å². The van der Waals surface area contributed by atoms with Crippen LogP contribution in [0, 0.1) is 0 Å². The Morgan fingerprint density at radius 3 is 2.38 bits per heavy atom. The third kappa shape index (κ3) is 4.87. The van der Waals surface area contributed by atoms with E-state index in [1.165, 1.54) is 0 Å². The second-order valence-electron chi connectivity index (χ2n) is 4.66. The van der Waals surface area contributed by atoms with Crippen LogP contribution in [-0.4, -0.2) is 25.1 Å². The number of anilines is 1. The molecule has 0 aliphatic rings. The minimum Gasteiger partial charge on any atom is -0.357 e. The molecule has 0 aliphatic carbocycles. The largest absolute Gasteiger partial charge is 0.357 e. The zero-order valence-corrected chi connectivity index (χ0v) is 13.8. The van der Waals surface area contributed by atoms with E-state index in [-0.39, 0.29) is 18.5 Å². The highest BCUT2D eigenvalue weighted by atomic mass is 35.5. The molecule has 1 rings (SSSR count). The molecule has 1 aromatic rings. The van der Waals surface area contributed by atoms with E-state index in [1.807, 2.05) is 25.1 Å². The van der Waals surface area contributed by atoms with Crippen molar-refractivity contribution in [1.29, 1.82) is 0 Å². The standard InChI is InChI=1S/C17H24ClNO2/c1-4-7-11-21-13-19(16(20)12-18)17-14(5-2)9-8-10-15(17)6-3/h4,7-10H,5-6,11-13H2,1-3H3/b7-4-. The third-order valence-electron chi connectivity index (χ3n) is 3.32. The van der Waals surface area contributed by atoms with Gasteiger partial charge in [0.2, 0.25) is 5.91 Å². The maximum atomic E-state index is 12.2. The fourth-order valence-corrected chi connectivity index (χ4v) is 2.35. The lowest BCUT2D eigenvalue weighted by Crippen LogP contribution is -2.35. The molecule has 4 heteroatoms. The number of allylic oxidation sites excluding steroid dienone is 1. The van der Waals surface area contributed by atoms with Crippen molar-refractivity contribution in [2.45, 2.75) is 33.6 Å². The number of carbonyl (C=O) groups is 1. The lowest BCUT2D eigenvalue weighted by atomic mass is 10.0. The van der Waals surface area contributed by atoms with Gasteiger partial charge in [0.05, 0.1) is 12.3 Å². The lowest BCUT2D eigenvalue weighted by Gasteiger charge is -2.26. The molecule has 0 atom stereocenters. The van der Waals surface area contributed by atoms with Gasteiger partial charge in [-0.15, -0.1) is 11.6 Å². The number of aryl methyl sites for hydroxylation is 2. The SMILES string of the molecule is C/C=C\COCN(C(=O)CCl)c1c(CC)cccc1CC. The van der Waals surface area contributed by atoms with Gasteiger partial charge in [-0.3, -0.25) is 9.69 Å². The van der Waals surface area contributed by atoms with Gasteiger partial charge in [0, 0.05) is 0 Å². The van der Waals surface area contributed by atoms with E-state index >= 15 is 0 Å². The van der Waals surface area contributed by atoms with Crippen molar-refractivity contribution in [2.24, 2.45) is 0 Å². The minimum absolute atomic E-state index is 0.0474. The quantitative estimate of drug-likeness (QED) is 0.315. The van der Waals surface area contributed by atoms with Crippen LogP contribution in [0.15, 0.2) is 30.4 Å². The van der Waals surface area contributed by atoms with Crippen molar-refractivity contribution in [1.82, 2.24) is 0 Å². The van der Waals surface area contributed by atoms with Gasteiger partial charge in [-0.05, 0) is 30.9 Å². The van der Waals surface area contributed by atoms with Crippen LogP contribution in [-0.2, 0) is 22.4 Å². The summed E-state index contributed by atoms with van der Waals surface area (Å²) in [5.74, 6) is -0.179. The molecule has 0 unspecified atom stereocenters. The Bertz CT molecular complexity index is 463. The molecule has 0 aliphatic heterocycles. The number of para-hydroxylation sites is 1. The van der Waals surface area contributed by atoms with Crippen LogP contribution < -0.4 is 4.90 Å². The smallest absolute Gasteiger partial charge is 0.243 e. The summed E-state index contributed by atoms with van der Waals surface area (Å²) in [6.07, 6.45) is 5.56. The van der Waals surface area contributed by atoms with E-state index in [1.54, 1.807) is 4.90 Å². The molecule has 0 heterocycles. The average molecular weight is 310 g/mol. The second-order valence-corrected chi connectivity index (χ2v) is 4.92. The average Bonchev–Trinajstić information content (AvgIpc) is 2.53. The van der Waals surface area contributed by atoms with Crippen molar-refractivity contribution in [3.05, 3.63) is 41.5 Å². The number of halogens is 1. The van der Waals surface area contributed by atoms with Crippen LogP contribution in [0.2, 0.25) is 0 Å². The van der Waals surface area contributed by atoms with Crippen molar-refractivity contribution in [3.63, 3.8) is 0 Å². The molecule has 21 heavy (non-hydrogen) atoms. The first kappa shape index (κ1) is 17.7. The maximum absolute atomic E-state index is 12.2. The van der Waals surface area contributed by atoms with E-state index in [9.17, 15) is 4.79 Å². The van der Waals surface area contributed by atoms with Gasteiger partial charge in [0.15, 0.2) is 0 Å². The molecule has 0 radical (unpaired) electrons. The fraction of sp³-hybridized carbons (Fsp3) is 0.471. The molecule has 0 fully saturated rings. The van der Waals surface area contributed by atoms with Crippen molar-refractivity contribution in [2.75, 3.05) is 24.1 Å². The number of ether oxygens (including phenoxy) is 1. The number of hydrogen-bond acceptors (Lipinski definition) is 2. The molecule has 1 aromatic carbocycles. The number of nitrogens with zero attached hydrogens (tertiary/aromatic N) is 1. The van der Waals surface area contributed by atoms with Crippen molar-refractivity contribution < 1.29 is 9.53 Å². The summed E-state index contributed by atoms with van der Waals surface area (Å²) in [4.78, 5) is 13.9. The third-order valence-corrected chi connectivity index (χ3v) is 3.55. The van der Waals surface area contributed by atoms with Gasteiger partial charge in [-0.25, -0.2) is 0 Å². The second kappa shape index (κ2) is 9.59. The number of carbonyl (C=O) groups excluding carboxylic acids is 1. The highest BCUT2D eigenvalue weighted by Gasteiger charge is 2.20. The number of rotatable bonds is 8. The van der Waals surface area contributed by atoms with E-state index in [0.717, 1.165) is 29.7 Å². The van der Waals surface area contributed by atoms with E-state index in [0.29, 0.717) is 6.61 Å². The Hall–Kier alpha value is -1.32. The molecule has 3 nitrogen and oxygen atoms in total. The van der Waals surface area contributed by atoms with Gasteiger partial charge in [-0.1, -0.05) is 44.2 Å². The molecule has 1 amide bonds. The van der Waals surface area contributed by atoms with Crippen LogP contribution in [0.3, 0.4) is 0 Å². The van der Waals surface area contributed by atoms with Gasteiger partial charge in [-0.2, -0.15) is 0 Å². The Morgan fingerprint density at radius 2 is 1.90 bits per heavy atom. The highest BCUT2D eigenvalue weighted by Crippen LogP contribution is 2.27. The zero-order valence-electron chi connectivity index (χ0n) is 13.1.